The molecule has 3 aromatic rings. The average Bonchev–Trinajstić information content (AvgIpc) is 3.55. The Bertz CT molecular complexity index is 1050. The Morgan fingerprint density at radius 2 is 1.76 bits per heavy atom. The SMILES string of the molecule is Fc1ccc([C@H](c2nnnn2C2CCCCC2)N(Cc2ccc(Cl)cc2)C[C@H]2CCCO2)cc1. The van der Waals surface area contributed by atoms with E-state index < -0.39 is 0 Å². The summed E-state index contributed by atoms with van der Waals surface area (Å²) in [5, 5.41) is 13.8. The van der Waals surface area contributed by atoms with Gasteiger partial charge < -0.3 is 4.74 Å². The van der Waals surface area contributed by atoms with Gasteiger partial charge in [0.05, 0.1) is 18.2 Å². The molecule has 2 fully saturated rings. The van der Waals surface area contributed by atoms with Gasteiger partial charge in [0.1, 0.15) is 5.82 Å². The first-order valence-corrected chi connectivity index (χ1v) is 12.7. The summed E-state index contributed by atoms with van der Waals surface area (Å²) in [5.74, 6) is 0.559. The smallest absolute Gasteiger partial charge is 0.173 e. The minimum atomic E-state index is -0.252. The number of rotatable bonds is 8. The maximum absolute atomic E-state index is 13.9. The lowest BCUT2D eigenvalue weighted by Crippen LogP contribution is -2.37. The fourth-order valence-corrected chi connectivity index (χ4v) is 5.40. The van der Waals surface area contributed by atoms with Crippen LogP contribution in [-0.2, 0) is 11.3 Å². The highest BCUT2D eigenvalue weighted by Gasteiger charge is 2.33. The second kappa shape index (κ2) is 10.9. The summed E-state index contributed by atoms with van der Waals surface area (Å²) in [4.78, 5) is 2.37. The standard InChI is InChI=1S/C26H31ClFN5O/c27-21-12-8-19(9-13-21)17-32(18-24-7-4-16-34-24)25(20-10-14-22(28)15-11-20)26-29-30-31-33(26)23-5-2-1-3-6-23/h8-15,23-25H,1-7,16-18H2/t24-,25-/m1/s1. The van der Waals surface area contributed by atoms with Crippen molar-refractivity contribution in [3.8, 4) is 0 Å². The highest BCUT2D eigenvalue weighted by molar-refractivity contribution is 6.30. The normalized spacial score (nSPS) is 20.1. The Morgan fingerprint density at radius 1 is 1.00 bits per heavy atom. The lowest BCUT2D eigenvalue weighted by molar-refractivity contribution is 0.0569. The summed E-state index contributed by atoms with van der Waals surface area (Å²) in [5.41, 5.74) is 2.12. The van der Waals surface area contributed by atoms with Crippen LogP contribution in [0.4, 0.5) is 4.39 Å². The molecule has 5 rings (SSSR count). The summed E-state index contributed by atoms with van der Waals surface area (Å²) in [6.45, 7) is 2.21. The molecule has 1 aliphatic carbocycles. The minimum absolute atomic E-state index is 0.147. The van der Waals surface area contributed by atoms with Crippen molar-refractivity contribution in [3.63, 3.8) is 0 Å². The molecule has 1 saturated heterocycles. The van der Waals surface area contributed by atoms with Crippen LogP contribution in [0.5, 0.6) is 0 Å². The number of aromatic nitrogens is 4. The topological polar surface area (TPSA) is 56.1 Å². The molecule has 0 spiro atoms. The predicted octanol–water partition coefficient (Wildman–Crippen LogP) is 5.74. The van der Waals surface area contributed by atoms with E-state index in [-0.39, 0.29) is 18.0 Å². The van der Waals surface area contributed by atoms with Crippen LogP contribution in [0, 0.1) is 5.82 Å². The number of hydrogen-bond donors (Lipinski definition) is 0. The molecule has 0 amide bonds. The van der Waals surface area contributed by atoms with Gasteiger partial charge >= 0.3 is 0 Å². The quantitative estimate of drug-likeness (QED) is 0.409. The fourth-order valence-electron chi connectivity index (χ4n) is 5.27. The molecule has 1 saturated carbocycles. The number of ether oxygens (including phenoxy) is 1. The maximum atomic E-state index is 13.9. The van der Waals surface area contributed by atoms with Crippen LogP contribution in [0.15, 0.2) is 48.5 Å². The van der Waals surface area contributed by atoms with E-state index in [4.69, 9.17) is 16.3 Å². The van der Waals surface area contributed by atoms with Gasteiger partial charge in [0.2, 0.25) is 0 Å². The van der Waals surface area contributed by atoms with E-state index in [1.54, 1.807) is 0 Å². The van der Waals surface area contributed by atoms with E-state index in [0.717, 1.165) is 55.8 Å². The van der Waals surface area contributed by atoms with Gasteiger partial charge in [-0.15, -0.1) is 5.10 Å². The number of tetrazole rings is 1. The second-order valence-electron chi connectivity index (χ2n) is 9.42. The lowest BCUT2D eigenvalue weighted by Gasteiger charge is -2.34. The molecule has 0 unspecified atom stereocenters. The molecule has 1 aromatic heterocycles. The van der Waals surface area contributed by atoms with Crippen molar-refractivity contribution in [3.05, 3.63) is 76.3 Å². The molecule has 180 valence electrons. The van der Waals surface area contributed by atoms with Gasteiger partial charge in [0.15, 0.2) is 5.82 Å². The van der Waals surface area contributed by atoms with Crippen molar-refractivity contribution >= 4 is 11.6 Å². The molecule has 0 N–H and O–H groups in total. The van der Waals surface area contributed by atoms with Crippen molar-refractivity contribution in [2.45, 2.75) is 69.7 Å². The number of halogens is 2. The molecular formula is C26H31ClFN5O. The van der Waals surface area contributed by atoms with Crippen LogP contribution in [0.3, 0.4) is 0 Å². The van der Waals surface area contributed by atoms with Crippen molar-refractivity contribution < 1.29 is 9.13 Å². The van der Waals surface area contributed by atoms with E-state index in [0.29, 0.717) is 17.6 Å². The zero-order valence-corrected chi connectivity index (χ0v) is 20.1. The predicted molar refractivity (Wildman–Crippen MR) is 129 cm³/mol. The first-order chi connectivity index (χ1) is 16.7. The van der Waals surface area contributed by atoms with Gasteiger partial charge in [-0.05, 0) is 71.5 Å². The Balaban J connectivity index is 1.55. The van der Waals surface area contributed by atoms with E-state index in [1.807, 2.05) is 28.9 Å². The first kappa shape index (κ1) is 23.4. The molecular weight excluding hydrogens is 453 g/mol. The Hall–Kier alpha value is -2.35. The Labute approximate surface area is 205 Å². The summed E-state index contributed by atoms with van der Waals surface area (Å²) in [6.07, 6.45) is 8.05. The highest BCUT2D eigenvalue weighted by atomic mass is 35.5. The van der Waals surface area contributed by atoms with Gasteiger partial charge in [0, 0.05) is 24.7 Å². The molecule has 8 heteroatoms. The van der Waals surface area contributed by atoms with Crippen molar-refractivity contribution in [1.82, 2.24) is 25.1 Å². The van der Waals surface area contributed by atoms with Crippen LogP contribution in [0.1, 0.15) is 74.0 Å². The summed E-state index contributed by atoms with van der Waals surface area (Å²) < 4.78 is 21.9. The molecule has 6 nitrogen and oxygen atoms in total. The third-order valence-corrected chi connectivity index (χ3v) is 7.25. The molecule has 2 atom stereocenters. The molecule has 2 aliphatic rings. The minimum Gasteiger partial charge on any atom is -0.377 e. The summed E-state index contributed by atoms with van der Waals surface area (Å²) in [6, 6.07) is 14.7. The second-order valence-corrected chi connectivity index (χ2v) is 9.85. The van der Waals surface area contributed by atoms with Gasteiger partial charge in [0.25, 0.3) is 0 Å². The molecule has 2 aromatic carbocycles. The Morgan fingerprint density at radius 3 is 2.47 bits per heavy atom. The largest absolute Gasteiger partial charge is 0.377 e. The zero-order valence-electron chi connectivity index (χ0n) is 19.3. The summed E-state index contributed by atoms with van der Waals surface area (Å²) in [7, 11) is 0. The summed E-state index contributed by atoms with van der Waals surface area (Å²) >= 11 is 6.15. The zero-order chi connectivity index (χ0) is 23.3. The molecule has 1 aliphatic heterocycles. The average molecular weight is 484 g/mol. The maximum Gasteiger partial charge on any atom is 0.173 e. The van der Waals surface area contributed by atoms with Crippen LogP contribution in [-0.4, -0.2) is 44.4 Å². The van der Waals surface area contributed by atoms with E-state index in [1.165, 1.54) is 31.4 Å². The van der Waals surface area contributed by atoms with Crippen molar-refractivity contribution in [1.29, 1.82) is 0 Å². The van der Waals surface area contributed by atoms with Crippen LogP contribution < -0.4 is 0 Å². The first-order valence-electron chi connectivity index (χ1n) is 12.3. The molecule has 2 heterocycles. The van der Waals surface area contributed by atoms with Crippen molar-refractivity contribution in [2.75, 3.05) is 13.2 Å². The number of hydrogen-bond acceptors (Lipinski definition) is 5. The van der Waals surface area contributed by atoms with Gasteiger partial charge in [-0.1, -0.05) is 55.1 Å². The van der Waals surface area contributed by atoms with Gasteiger partial charge in [-0.3, -0.25) is 4.90 Å². The van der Waals surface area contributed by atoms with Gasteiger partial charge in [-0.25, -0.2) is 9.07 Å². The highest BCUT2D eigenvalue weighted by Crippen LogP contribution is 2.35. The fraction of sp³-hybridized carbons (Fsp3) is 0.500. The number of benzene rings is 2. The lowest BCUT2D eigenvalue weighted by atomic mass is 9.95. The van der Waals surface area contributed by atoms with E-state index >= 15 is 0 Å². The third-order valence-electron chi connectivity index (χ3n) is 7.00. The van der Waals surface area contributed by atoms with Crippen LogP contribution >= 0.6 is 11.6 Å². The van der Waals surface area contributed by atoms with E-state index in [2.05, 4.69) is 32.6 Å². The van der Waals surface area contributed by atoms with E-state index in [9.17, 15) is 4.39 Å². The molecule has 0 radical (unpaired) electrons. The molecule has 0 bridgehead atoms. The van der Waals surface area contributed by atoms with Crippen LogP contribution in [0.2, 0.25) is 5.02 Å². The monoisotopic (exact) mass is 483 g/mol. The third kappa shape index (κ3) is 5.48. The van der Waals surface area contributed by atoms with Gasteiger partial charge in [-0.2, -0.15) is 0 Å². The molecule has 34 heavy (non-hydrogen) atoms. The van der Waals surface area contributed by atoms with Crippen molar-refractivity contribution in [2.24, 2.45) is 0 Å². The van der Waals surface area contributed by atoms with Crippen LogP contribution in [0.25, 0.3) is 0 Å². The Kier molecular flexibility index (Phi) is 7.52. The number of nitrogens with zero attached hydrogens (tertiary/aromatic N) is 5.